The zero-order valence-electron chi connectivity index (χ0n) is 16.3. The Hall–Kier alpha value is -2.15. The van der Waals surface area contributed by atoms with Crippen molar-refractivity contribution >= 4 is 21.4 Å². The second kappa shape index (κ2) is 7.46. The Labute approximate surface area is 160 Å². The van der Waals surface area contributed by atoms with Crippen LogP contribution in [0.5, 0.6) is 0 Å². The first kappa shape index (κ1) is 19.6. The lowest BCUT2D eigenvalue weighted by Gasteiger charge is -2.12. The third-order valence-corrected chi connectivity index (χ3v) is 6.98. The van der Waals surface area contributed by atoms with Gasteiger partial charge in [0.1, 0.15) is 0 Å². The Morgan fingerprint density at radius 1 is 1.26 bits per heavy atom. The van der Waals surface area contributed by atoms with Gasteiger partial charge in [-0.15, -0.1) is 0 Å². The van der Waals surface area contributed by atoms with Crippen molar-refractivity contribution in [3.05, 3.63) is 46.8 Å². The Morgan fingerprint density at radius 3 is 2.48 bits per heavy atom. The van der Waals surface area contributed by atoms with Crippen LogP contribution in [-0.2, 0) is 21.1 Å². The number of hydrogen-bond acceptors (Lipinski definition) is 4. The van der Waals surface area contributed by atoms with Gasteiger partial charge >= 0.3 is 0 Å². The van der Waals surface area contributed by atoms with Gasteiger partial charge < -0.3 is 5.32 Å². The number of carbonyl (C=O) groups excluding carboxylic acids is 1. The summed E-state index contributed by atoms with van der Waals surface area (Å²) < 4.78 is 25.3. The number of amides is 1. The fraction of sp³-hybridized carbons (Fsp3) is 0.500. The topological polar surface area (TPSA) is 81.1 Å². The van der Waals surface area contributed by atoms with Crippen LogP contribution in [0.2, 0.25) is 0 Å². The molecule has 0 radical (unpaired) electrons. The Morgan fingerprint density at radius 2 is 1.93 bits per heavy atom. The number of nitrogens with one attached hydrogen (secondary N) is 1. The van der Waals surface area contributed by atoms with Crippen LogP contribution < -0.4 is 5.32 Å². The third-order valence-electron chi connectivity index (χ3n) is 5.23. The zero-order valence-corrected chi connectivity index (χ0v) is 17.1. The zero-order chi connectivity index (χ0) is 19.8. The van der Waals surface area contributed by atoms with Gasteiger partial charge in [-0.25, -0.2) is 8.42 Å². The second-order valence-electron chi connectivity index (χ2n) is 7.65. The maximum atomic E-state index is 12.5. The lowest BCUT2D eigenvalue weighted by Crippen LogP contribution is -2.16. The first-order valence-corrected chi connectivity index (χ1v) is 11.1. The molecule has 6 nitrogen and oxygen atoms in total. The van der Waals surface area contributed by atoms with E-state index < -0.39 is 9.84 Å². The van der Waals surface area contributed by atoms with Crippen LogP contribution in [0.25, 0.3) is 0 Å². The van der Waals surface area contributed by atoms with E-state index in [1.54, 1.807) is 4.68 Å². The van der Waals surface area contributed by atoms with Crippen molar-refractivity contribution in [1.82, 2.24) is 9.78 Å². The highest BCUT2D eigenvalue weighted by Gasteiger charge is 2.31. The number of aryl methyl sites for hydroxylation is 1. The molecule has 0 saturated carbocycles. The molecule has 1 N–H and O–H groups in total. The van der Waals surface area contributed by atoms with Crippen LogP contribution in [0.4, 0.5) is 5.69 Å². The van der Waals surface area contributed by atoms with Crippen molar-refractivity contribution in [2.75, 3.05) is 16.8 Å². The van der Waals surface area contributed by atoms with Crippen molar-refractivity contribution in [3.63, 3.8) is 0 Å². The SMILES string of the molecule is Cc1nn(C2CCS(=O)(=O)C2)c(C)c1CC(=O)Nc1ccc(C(C)C)cc1. The first-order valence-electron chi connectivity index (χ1n) is 9.31. The minimum absolute atomic E-state index is 0.0999. The summed E-state index contributed by atoms with van der Waals surface area (Å²) >= 11 is 0. The molecule has 27 heavy (non-hydrogen) atoms. The standard InChI is InChI=1S/C20H27N3O3S/c1-13(2)16-5-7-17(8-6-16)21-20(24)11-19-14(3)22-23(15(19)4)18-9-10-27(25,26)12-18/h5-8,13,18H,9-12H2,1-4H3,(H,21,24). The van der Waals surface area contributed by atoms with E-state index in [1.807, 2.05) is 38.1 Å². The molecule has 0 aliphatic carbocycles. The molecule has 146 valence electrons. The lowest BCUT2D eigenvalue weighted by molar-refractivity contribution is -0.115. The summed E-state index contributed by atoms with van der Waals surface area (Å²) in [6.07, 6.45) is 0.807. The number of nitrogens with zero attached hydrogens (tertiary/aromatic N) is 2. The summed E-state index contributed by atoms with van der Waals surface area (Å²) in [5, 5.41) is 7.45. The van der Waals surface area contributed by atoms with Gasteiger partial charge in [0.05, 0.1) is 29.7 Å². The summed E-state index contributed by atoms with van der Waals surface area (Å²) in [4.78, 5) is 12.5. The van der Waals surface area contributed by atoms with Crippen molar-refractivity contribution in [3.8, 4) is 0 Å². The minimum Gasteiger partial charge on any atom is -0.326 e. The second-order valence-corrected chi connectivity index (χ2v) is 9.88. The largest absolute Gasteiger partial charge is 0.326 e. The Balaban J connectivity index is 1.71. The van der Waals surface area contributed by atoms with Gasteiger partial charge in [-0.05, 0) is 43.9 Å². The third kappa shape index (κ3) is 4.40. The van der Waals surface area contributed by atoms with Gasteiger partial charge in [0.2, 0.25) is 5.91 Å². The summed E-state index contributed by atoms with van der Waals surface area (Å²) in [6, 6.07) is 7.75. The maximum absolute atomic E-state index is 12.5. The fourth-order valence-electron chi connectivity index (χ4n) is 3.59. The van der Waals surface area contributed by atoms with E-state index in [-0.39, 0.29) is 29.9 Å². The lowest BCUT2D eigenvalue weighted by atomic mass is 10.0. The van der Waals surface area contributed by atoms with Gasteiger partial charge in [-0.3, -0.25) is 9.48 Å². The fourth-order valence-corrected chi connectivity index (χ4v) is 5.29. The van der Waals surface area contributed by atoms with Crippen LogP contribution in [0.1, 0.15) is 54.7 Å². The molecule has 0 spiro atoms. The number of hydrogen-bond donors (Lipinski definition) is 1. The summed E-state index contributed by atoms with van der Waals surface area (Å²) in [5.41, 5.74) is 4.53. The van der Waals surface area contributed by atoms with Crippen LogP contribution >= 0.6 is 0 Å². The molecule has 1 saturated heterocycles. The number of anilines is 1. The quantitative estimate of drug-likeness (QED) is 0.852. The molecule has 2 aromatic rings. The van der Waals surface area contributed by atoms with Gasteiger partial charge in [0.25, 0.3) is 0 Å². The molecule has 1 atom stereocenters. The molecule has 1 amide bonds. The van der Waals surface area contributed by atoms with Crippen molar-refractivity contribution in [2.24, 2.45) is 0 Å². The predicted octanol–water partition coefficient (Wildman–Crippen LogP) is 3.16. The molecule has 1 aliphatic heterocycles. The summed E-state index contributed by atoms with van der Waals surface area (Å²) in [6.45, 7) is 8.04. The van der Waals surface area contributed by atoms with E-state index in [2.05, 4.69) is 24.3 Å². The van der Waals surface area contributed by atoms with Gasteiger partial charge in [0.15, 0.2) is 9.84 Å². The highest BCUT2D eigenvalue weighted by Crippen LogP contribution is 2.27. The highest BCUT2D eigenvalue weighted by molar-refractivity contribution is 7.91. The molecule has 3 rings (SSSR count). The monoisotopic (exact) mass is 389 g/mol. The first-order chi connectivity index (χ1) is 12.7. The Bertz CT molecular complexity index is 944. The number of aromatic nitrogens is 2. The van der Waals surface area contributed by atoms with Crippen LogP contribution in [-0.4, -0.2) is 35.6 Å². The summed E-state index contributed by atoms with van der Waals surface area (Å²) in [7, 11) is -2.98. The number of sulfone groups is 1. The Kier molecular flexibility index (Phi) is 5.42. The van der Waals surface area contributed by atoms with Gasteiger partial charge in [-0.2, -0.15) is 5.10 Å². The molecular formula is C20H27N3O3S. The smallest absolute Gasteiger partial charge is 0.228 e. The average molecular weight is 390 g/mol. The minimum atomic E-state index is -2.98. The molecule has 1 unspecified atom stereocenters. The van der Waals surface area contributed by atoms with Crippen LogP contribution in [0.15, 0.2) is 24.3 Å². The molecular weight excluding hydrogens is 362 g/mol. The van der Waals surface area contributed by atoms with Crippen molar-refractivity contribution in [2.45, 2.75) is 52.5 Å². The van der Waals surface area contributed by atoms with E-state index in [0.29, 0.717) is 12.3 Å². The average Bonchev–Trinajstić information content (AvgIpc) is 3.09. The number of carbonyl (C=O) groups is 1. The predicted molar refractivity (Wildman–Crippen MR) is 107 cm³/mol. The molecule has 2 heterocycles. The highest BCUT2D eigenvalue weighted by atomic mass is 32.2. The van der Waals surface area contributed by atoms with E-state index in [0.717, 1.165) is 22.6 Å². The number of rotatable bonds is 5. The molecule has 1 fully saturated rings. The van der Waals surface area contributed by atoms with Gasteiger partial charge in [-0.1, -0.05) is 26.0 Å². The maximum Gasteiger partial charge on any atom is 0.228 e. The van der Waals surface area contributed by atoms with Crippen molar-refractivity contribution < 1.29 is 13.2 Å². The van der Waals surface area contributed by atoms with Crippen LogP contribution in [0, 0.1) is 13.8 Å². The summed E-state index contributed by atoms with van der Waals surface area (Å²) in [5.74, 6) is 0.684. The molecule has 1 aliphatic rings. The van der Waals surface area contributed by atoms with E-state index in [1.165, 1.54) is 5.56 Å². The molecule has 1 aromatic carbocycles. The normalized spacial score (nSPS) is 18.8. The van der Waals surface area contributed by atoms with Crippen LogP contribution in [0.3, 0.4) is 0 Å². The van der Waals surface area contributed by atoms with Gasteiger partial charge in [0, 0.05) is 16.9 Å². The van der Waals surface area contributed by atoms with E-state index in [9.17, 15) is 13.2 Å². The molecule has 0 bridgehead atoms. The number of benzene rings is 1. The molecule has 1 aromatic heterocycles. The van der Waals surface area contributed by atoms with E-state index >= 15 is 0 Å². The van der Waals surface area contributed by atoms with E-state index in [4.69, 9.17) is 0 Å². The molecule has 7 heteroatoms. The van der Waals surface area contributed by atoms with Crippen molar-refractivity contribution in [1.29, 1.82) is 0 Å².